The number of ether oxygens (including phenoxy) is 1. The topological polar surface area (TPSA) is 112 Å². The fraction of sp³-hybridized carbons (Fsp3) is 0.438. The molecule has 27 heavy (non-hydrogen) atoms. The summed E-state index contributed by atoms with van der Waals surface area (Å²) in [5.41, 5.74) is -1.84. The lowest BCUT2D eigenvalue weighted by atomic mass is 9.98. The van der Waals surface area contributed by atoms with E-state index in [-0.39, 0.29) is 24.2 Å². The van der Waals surface area contributed by atoms with Gasteiger partial charge >= 0.3 is 11.8 Å². The molecule has 1 saturated heterocycles. The highest BCUT2D eigenvalue weighted by Gasteiger charge is 2.31. The third-order valence-corrected chi connectivity index (χ3v) is 4.50. The normalized spacial score (nSPS) is 17.0. The van der Waals surface area contributed by atoms with Crippen LogP contribution >= 0.6 is 0 Å². The lowest BCUT2D eigenvalue weighted by Gasteiger charge is -2.29. The molecule has 1 aromatic heterocycles. The number of likely N-dealkylation sites (tertiary alicyclic amines) is 1. The van der Waals surface area contributed by atoms with Crippen molar-refractivity contribution in [3.05, 3.63) is 39.3 Å². The van der Waals surface area contributed by atoms with E-state index in [9.17, 15) is 23.7 Å². The van der Waals surface area contributed by atoms with Gasteiger partial charge in [0.15, 0.2) is 0 Å². The molecule has 1 atom stereocenters. The van der Waals surface area contributed by atoms with Crippen LogP contribution in [0.15, 0.2) is 10.6 Å². The van der Waals surface area contributed by atoms with Crippen LogP contribution in [-0.2, 0) is 4.74 Å². The Morgan fingerprint density at radius 1 is 1.48 bits per heavy atom. The van der Waals surface area contributed by atoms with Crippen molar-refractivity contribution in [1.82, 2.24) is 15.0 Å². The van der Waals surface area contributed by atoms with Gasteiger partial charge < -0.3 is 14.2 Å². The molecule has 0 bridgehead atoms. The first-order chi connectivity index (χ1) is 12.8. The average molecular weight is 382 g/mol. The second-order valence-corrected chi connectivity index (χ2v) is 6.16. The van der Waals surface area contributed by atoms with Crippen molar-refractivity contribution in [2.75, 3.05) is 20.2 Å². The summed E-state index contributed by atoms with van der Waals surface area (Å²) in [5.74, 6) is -2.63. The molecule has 144 valence electrons. The zero-order valence-electron chi connectivity index (χ0n) is 14.6. The van der Waals surface area contributed by atoms with Gasteiger partial charge in [-0.1, -0.05) is 5.16 Å². The number of carbonyl (C=O) groups excluding carboxylic acids is 1. The minimum Gasteiger partial charge on any atom is -0.453 e. The van der Waals surface area contributed by atoms with Crippen molar-refractivity contribution in [3.63, 3.8) is 0 Å². The van der Waals surface area contributed by atoms with Crippen molar-refractivity contribution in [2.24, 2.45) is 0 Å². The Labute approximate surface area is 152 Å². The number of aromatic nitrogens is 2. The second kappa shape index (κ2) is 7.25. The maximum absolute atomic E-state index is 14.5. The number of amides is 1. The van der Waals surface area contributed by atoms with E-state index in [1.165, 1.54) is 12.0 Å². The molecule has 9 nitrogen and oxygen atoms in total. The number of rotatable bonds is 3. The molecular weight excluding hydrogens is 366 g/mol. The summed E-state index contributed by atoms with van der Waals surface area (Å²) in [6.07, 6.45) is 0.845. The summed E-state index contributed by atoms with van der Waals surface area (Å²) in [5, 5.41) is 14.7. The molecular formula is C16H16F2N4O5. The number of hydrogen-bond acceptors (Lipinski definition) is 7. The Hall–Kier alpha value is -3.11. The highest BCUT2D eigenvalue weighted by molar-refractivity contribution is 5.67. The first kappa shape index (κ1) is 18.7. The number of carbonyl (C=O) groups is 1. The SMILES string of the molecule is COC(=O)N1CCC[C@H](c2nc(-c3cc(F)c(C)c([N+](=O)[O-])c3F)no2)C1. The van der Waals surface area contributed by atoms with Crippen LogP contribution in [0.25, 0.3) is 11.4 Å². The smallest absolute Gasteiger partial charge is 0.409 e. The molecule has 2 aromatic rings. The van der Waals surface area contributed by atoms with Crippen molar-refractivity contribution in [2.45, 2.75) is 25.7 Å². The number of nitro benzene ring substituents is 1. The van der Waals surface area contributed by atoms with E-state index in [1.807, 2.05) is 0 Å². The van der Waals surface area contributed by atoms with Gasteiger partial charge in [-0.05, 0) is 25.8 Å². The minimum atomic E-state index is -1.23. The van der Waals surface area contributed by atoms with Gasteiger partial charge in [-0.3, -0.25) is 10.1 Å². The van der Waals surface area contributed by atoms with Crippen LogP contribution in [0.3, 0.4) is 0 Å². The van der Waals surface area contributed by atoms with E-state index >= 15 is 0 Å². The second-order valence-electron chi connectivity index (χ2n) is 6.16. The van der Waals surface area contributed by atoms with Crippen LogP contribution in [0.5, 0.6) is 0 Å². The minimum absolute atomic E-state index is 0.140. The zero-order valence-corrected chi connectivity index (χ0v) is 14.6. The standard InChI is InChI=1S/C16H16F2N4O5/c1-8-11(17)6-10(12(18)13(8)22(24)25)14-19-15(27-20-14)9-4-3-5-21(7-9)16(23)26-2/h6,9H,3-5,7H2,1-2H3/t9-/m0/s1. The predicted molar refractivity (Wildman–Crippen MR) is 87.0 cm³/mol. The number of hydrogen-bond donors (Lipinski definition) is 0. The van der Waals surface area contributed by atoms with E-state index in [4.69, 9.17) is 4.52 Å². The van der Waals surface area contributed by atoms with Crippen LogP contribution in [0.1, 0.15) is 30.2 Å². The Morgan fingerprint density at radius 3 is 2.89 bits per heavy atom. The Balaban J connectivity index is 1.93. The number of piperidine rings is 1. The Bertz CT molecular complexity index is 901. The van der Waals surface area contributed by atoms with E-state index in [0.29, 0.717) is 19.4 Å². The van der Waals surface area contributed by atoms with Crippen LogP contribution in [0, 0.1) is 28.7 Å². The first-order valence-electron chi connectivity index (χ1n) is 8.13. The summed E-state index contributed by atoms with van der Waals surface area (Å²) < 4.78 is 38.3. The fourth-order valence-corrected chi connectivity index (χ4v) is 3.07. The molecule has 1 aliphatic rings. The van der Waals surface area contributed by atoms with Gasteiger partial charge in [-0.25, -0.2) is 9.18 Å². The number of nitro groups is 1. The third-order valence-electron chi connectivity index (χ3n) is 4.50. The van der Waals surface area contributed by atoms with Gasteiger partial charge in [0.1, 0.15) is 5.82 Å². The number of halogens is 2. The van der Waals surface area contributed by atoms with E-state index in [2.05, 4.69) is 14.9 Å². The molecule has 3 rings (SSSR count). The molecule has 1 aliphatic heterocycles. The predicted octanol–water partition coefficient (Wildman–Crippen LogP) is 3.18. The van der Waals surface area contributed by atoms with Crippen LogP contribution in [-0.4, -0.2) is 46.3 Å². The maximum atomic E-state index is 14.5. The molecule has 1 aromatic carbocycles. The lowest BCUT2D eigenvalue weighted by Crippen LogP contribution is -2.39. The third kappa shape index (κ3) is 3.44. The highest BCUT2D eigenvalue weighted by atomic mass is 19.1. The summed E-state index contributed by atoms with van der Waals surface area (Å²) >= 11 is 0. The molecule has 1 amide bonds. The molecule has 1 fully saturated rings. The Kier molecular flexibility index (Phi) is 5.02. The molecule has 0 spiro atoms. The molecule has 0 radical (unpaired) electrons. The summed E-state index contributed by atoms with van der Waals surface area (Å²) in [4.78, 5) is 27.3. The summed E-state index contributed by atoms with van der Waals surface area (Å²) in [7, 11) is 1.28. The summed E-state index contributed by atoms with van der Waals surface area (Å²) in [6, 6.07) is 0.800. The molecule has 0 saturated carbocycles. The largest absolute Gasteiger partial charge is 0.453 e. The van der Waals surface area contributed by atoms with Crippen molar-refractivity contribution in [1.29, 1.82) is 0 Å². The van der Waals surface area contributed by atoms with E-state index in [1.54, 1.807) is 0 Å². The maximum Gasteiger partial charge on any atom is 0.409 e. The number of methoxy groups -OCH3 is 1. The van der Waals surface area contributed by atoms with Crippen LogP contribution < -0.4 is 0 Å². The molecule has 0 aliphatic carbocycles. The quantitative estimate of drug-likeness (QED) is 0.592. The molecule has 2 heterocycles. The number of nitrogens with zero attached hydrogens (tertiary/aromatic N) is 4. The molecule has 11 heteroatoms. The highest BCUT2D eigenvalue weighted by Crippen LogP contribution is 2.34. The van der Waals surface area contributed by atoms with Crippen molar-refractivity contribution >= 4 is 11.8 Å². The van der Waals surface area contributed by atoms with Gasteiger partial charge in [-0.2, -0.15) is 9.37 Å². The Morgan fingerprint density at radius 2 is 2.22 bits per heavy atom. The first-order valence-corrected chi connectivity index (χ1v) is 8.13. The van der Waals surface area contributed by atoms with Gasteiger partial charge in [0, 0.05) is 13.1 Å². The average Bonchev–Trinajstić information content (AvgIpc) is 3.14. The van der Waals surface area contributed by atoms with Gasteiger partial charge in [0.2, 0.25) is 17.5 Å². The fourth-order valence-electron chi connectivity index (χ4n) is 3.07. The summed E-state index contributed by atoms with van der Waals surface area (Å²) in [6.45, 7) is 1.92. The van der Waals surface area contributed by atoms with Gasteiger partial charge in [-0.15, -0.1) is 0 Å². The zero-order chi connectivity index (χ0) is 19.7. The monoisotopic (exact) mass is 382 g/mol. The van der Waals surface area contributed by atoms with Crippen LogP contribution in [0.2, 0.25) is 0 Å². The molecule has 0 unspecified atom stereocenters. The van der Waals surface area contributed by atoms with E-state index < -0.39 is 39.5 Å². The van der Waals surface area contributed by atoms with Crippen molar-refractivity contribution < 1.29 is 27.8 Å². The van der Waals surface area contributed by atoms with E-state index in [0.717, 1.165) is 13.0 Å². The molecule has 0 N–H and O–H groups in total. The van der Waals surface area contributed by atoms with Gasteiger partial charge in [0.25, 0.3) is 0 Å². The van der Waals surface area contributed by atoms with Crippen LogP contribution in [0.4, 0.5) is 19.3 Å². The van der Waals surface area contributed by atoms with Crippen molar-refractivity contribution in [3.8, 4) is 11.4 Å². The number of benzene rings is 1. The lowest BCUT2D eigenvalue weighted by molar-refractivity contribution is -0.388. The van der Waals surface area contributed by atoms with Gasteiger partial charge in [0.05, 0.1) is 29.1 Å².